The molecule has 0 saturated heterocycles. The van der Waals surface area contributed by atoms with Crippen LogP contribution in [0.25, 0.3) is 5.69 Å². The monoisotopic (exact) mass is 467 g/mol. The molecule has 2 aromatic carbocycles. The smallest absolute Gasteiger partial charge is 0.452 e. The molecule has 0 radical (unpaired) electrons. The molecule has 2 atom stereocenters. The van der Waals surface area contributed by atoms with Gasteiger partial charge in [0, 0.05) is 16.1 Å². The zero-order valence-corrected chi connectivity index (χ0v) is 17.6. The van der Waals surface area contributed by atoms with Gasteiger partial charge in [-0.25, -0.2) is 0 Å². The zero-order chi connectivity index (χ0) is 23.2. The van der Waals surface area contributed by atoms with Crippen LogP contribution in [-0.4, -0.2) is 33.0 Å². The maximum absolute atomic E-state index is 13.8. The number of benzene rings is 2. The molecule has 0 spiro atoms. The summed E-state index contributed by atoms with van der Waals surface area (Å²) in [6.45, 7) is 1.81. The van der Waals surface area contributed by atoms with Crippen LogP contribution in [0.4, 0.5) is 13.2 Å². The highest BCUT2D eigenvalue weighted by atomic mass is 35.5. The summed E-state index contributed by atoms with van der Waals surface area (Å²) in [6, 6.07) is 9.59. The first-order valence-corrected chi connectivity index (χ1v) is 9.82. The molecule has 0 aliphatic carbocycles. The van der Waals surface area contributed by atoms with Crippen molar-refractivity contribution in [3.05, 3.63) is 69.8 Å². The third-order valence-electron chi connectivity index (χ3n) is 5.13. The number of aromatic nitrogens is 3. The van der Waals surface area contributed by atoms with Crippen molar-refractivity contribution in [1.29, 1.82) is 0 Å². The number of carboxylic acid groups (broad SMARTS) is 1. The molecule has 7 nitrogen and oxygen atoms in total. The molecule has 11 heteroatoms. The number of para-hydroxylation sites is 1. The number of rotatable bonds is 4. The molecule has 32 heavy (non-hydrogen) atoms. The van der Waals surface area contributed by atoms with E-state index in [1.54, 1.807) is 12.1 Å². The van der Waals surface area contributed by atoms with Gasteiger partial charge in [0.15, 0.2) is 5.82 Å². The van der Waals surface area contributed by atoms with Crippen molar-refractivity contribution >= 4 is 17.6 Å². The summed E-state index contributed by atoms with van der Waals surface area (Å²) in [5, 5.41) is 16.6. The van der Waals surface area contributed by atoms with Crippen molar-refractivity contribution in [3.8, 4) is 11.4 Å². The fraction of sp³-hybridized carbons (Fsp3) is 0.286. The zero-order valence-electron chi connectivity index (χ0n) is 16.9. The van der Waals surface area contributed by atoms with Crippen molar-refractivity contribution in [2.24, 2.45) is 0 Å². The van der Waals surface area contributed by atoms with Crippen molar-refractivity contribution in [2.75, 3.05) is 7.11 Å². The number of aryl methyl sites for hydroxylation is 1. The minimum Gasteiger partial charge on any atom is -0.496 e. The summed E-state index contributed by atoms with van der Waals surface area (Å²) in [6.07, 6.45) is -7.76. The molecule has 1 N–H and O–H groups in total. The van der Waals surface area contributed by atoms with Crippen molar-refractivity contribution in [2.45, 2.75) is 31.7 Å². The van der Waals surface area contributed by atoms with Gasteiger partial charge < -0.3 is 14.6 Å². The van der Waals surface area contributed by atoms with Gasteiger partial charge >= 0.3 is 12.1 Å². The number of hydrogen-bond donors (Lipinski definition) is 1. The number of halogens is 4. The van der Waals surface area contributed by atoms with E-state index in [9.17, 15) is 23.1 Å². The van der Waals surface area contributed by atoms with Gasteiger partial charge in [-0.1, -0.05) is 29.8 Å². The Labute approximate surface area is 185 Å². The third kappa shape index (κ3) is 3.80. The summed E-state index contributed by atoms with van der Waals surface area (Å²) in [5.41, 5.74) is 1.66. The predicted molar refractivity (Wildman–Crippen MR) is 107 cm³/mol. The number of fused-ring (bicyclic) bond motifs is 3. The van der Waals surface area contributed by atoms with Crippen molar-refractivity contribution < 1.29 is 32.5 Å². The Morgan fingerprint density at radius 2 is 2.00 bits per heavy atom. The van der Waals surface area contributed by atoms with Gasteiger partial charge in [-0.3, -0.25) is 9.36 Å². The first-order chi connectivity index (χ1) is 15.1. The van der Waals surface area contributed by atoms with Crippen LogP contribution in [0.5, 0.6) is 5.75 Å². The second-order valence-corrected chi connectivity index (χ2v) is 7.65. The van der Waals surface area contributed by atoms with Crippen molar-refractivity contribution in [3.63, 3.8) is 0 Å². The van der Waals surface area contributed by atoms with E-state index in [4.69, 9.17) is 21.1 Å². The van der Waals surface area contributed by atoms with E-state index in [1.807, 2.05) is 13.0 Å². The number of carbonyl (C=O) groups is 1. The maximum Gasteiger partial charge on any atom is 0.452 e. The topological polar surface area (TPSA) is 86.5 Å². The first-order valence-electron chi connectivity index (χ1n) is 9.45. The number of methoxy groups -OCH3 is 1. The van der Waals surface area contributed by atoms with Crippen molar-refractivity contribution in [1.82, 2.24) is 14.8 Å². The molecule has 0 amide bonds. The van der Waals surface area contributed by atoms with Crippen LogP contribution in [0, 0.1) is 6.92 Å². The molecule has 1 aromatic heterocycles. The molecule has 4 rings (SSSR count). The Morgan fingerprint density at radius 1 is 1.25 bits per heavy atom. The van der Waals surface area contributed by atoms with E-state index in [2.05, 4.69) is 10.2 Å². The minimum absolute atomic E-state index is 0.0863. The van der Waals surface area contributed by atoms with E-state index >= 15 is 0 Å². The normalized spacial score (nSPS) is 17.9. The van der Waals surface area contributed by atoms with Crippen LogP contribution >= 0.6 is 11.6 Å². The highest BCUT2D eigenvalue weighted by Gasteiger charge is 2.43. The van der Waals surface area contributed by atoms with Crippen LogP contribution in [-0.2, 0) is 15.7 Å². The van der Waals surface area contributed by atoms with Gasteiger partial charge in [-0.2, -0.15) is 13.2 Å². The molecule has 0 saturated carbocycles. The van der Waals surface area contributed by atoms with Gasteiger partial charge in [-0.05, 0) is 30.7 Å². The molecular formula is C21H17ClF3N3O4. The van der Waals surface area contributed by atoms with Gasteiger partial charge in [-0.15, -0.1) is 10.2 Å². The summed E-state index contributed by atoms with van der Waals surface area (Å²) in [5.74, 6) is -2.35. The summed E-state index contributed by atoms with van der Waals surface area (Å²) < 4.78 is 53.8. The number of carboxylic acids is 1. The third-order valence-corrected chi connectivity index (χ3v) is 5.37. The Balaban J connectivity index is 2.04. The standard InChI is InChI=1S/C21H17ClF3N3O4/c1-10-4-3-5-12(17(10)31-2)18-13-8-11(22)6-7-14(13)28-19(15(32-18)9-16(29)30)26-27-20(28)21(23,24)25/h3-8,15,18H,9H2,1-2H3,(H,29,30). The second-order valence-electron chi connectivity index (χ2n) is 7.22. The van der Waals surface area contributed by atoms with Crippen LogP contribution in [0.1, 0.15) is 47.0 Å². The maximum atomic E-state index is 13.8. The Kier molecular flexibility index (Phi) is 5.59. The highest BCUT2D eigenvalue weighted by Crippen LogP contribution is 2.46. The highest BCUT2D eigenvalue weighted by molar-refractivity contribution is 6.30. The van der Waals surface area contributed by atoms with E-state index in [1.165, 1.54) is 25.3 Å². The van der Waals surface area contributed by atoms with Gasteiger partial charge in [0.2, 0.25) is 5.82 Å². The quantitative estimate of drug-likeness (QED) is 0.588. The van der Waals surface area contributed by atoms with E-state index in [0.717, 1.165) is 10.1 Å². The first kappa shape index (κ1) is 22.1. The fourth-order valence-electron chi connectivity index (χ4n) is 3.86. The number of alkyl halides is 3. The average Bonchev–Trinajstić information content (AvgIpc) is 3.11. The lowest BCUT2D eigenvalue weighted by Gasteiger charge is -2.24. The molecule has 2 unspecified atom stereocenters. The molecule has 1 aliphatic rings. The van der Waals surface area contributed by atoms with E-state index in [0.29, 0.717) is 16.9 Å². The van der Waals surface area contributed by atoms with Gasteiger partial charge in [0.25, 0.3) is 0 Å². The van der Waals surface area contributed by atoms with Crippen LogP contribution in [0.2, 0.25) is 5.02 Å². The largest absolute Gasteiger partial charge is 0.496 e. The lowest BCUT2D eigenvalue weighted by Crippen LogP contribution is -2.17. The van der Waals surface area contributed by atoms with E-state index in [-0.39, 0.29) is 16.5 Å². The Morgan fingerprint density at radius 3 is 2.66 bits per heavy atom. The van der Waals surface area contributed by atoms with Crippen LogP contribution in [0.3, 0.4) is 0 Å². The molecular weight excluding hydrogens is 451 g/mol. The van der Waals surface area contributed by atoms with E-state index < -0.39 is 36.6 Å². The molecule has 168 valence electrons. The second kappa shape index (κ2) is 8.10. The Hall–Kier alpha value is -3.11. The minimum atomic E-state index is -4.84. The lowest BCUT2D eigenvalue weighted by molar-refractivity contribution is -0.146. The fourth-order valence-corrected chi connectivity index (χ4v) is 4.04. The van der Waals surface area contributed by atoms with Crippen LogP contribution < -0.4 is 4.74 Å². The predicted octanol–water partition coefficient (Wildman–Crippen LogP) is 4.89. The number of hydrogen-bond acceptors (Lipinski definition) is 5. The SMILES string of the molecule is COc1c(C)cccc1C1OC(CC(=O)O)c2nnc(C(F)(F)F)n2-c2ccc(Cl)cc21. The lowest BCUT2D eigenvalue weighted by atomic mass is 9.97. The van der Waals surface area contributed by atoms with Gasteiger partial charge in [0.05, 0.1) is 19.2 Å². The molecule has 3 aromatic rings. The molecule has 0 bridgehead atoms. The number of aliphatic carboxylic acids is 1. The molecule has 1 aliphatic heterocycles. The van der Waals surface area contributed by atoms with Crippen LogP contribution in [0.15, 0.2) is 36.4 Å². The average molecular weight is 468 g/mol. The molecule has 2 heterocycles. The number of ether oxygens (including phenoxy) is 2. The molecule has 0 fully saturated rings. The number of nitrogens with zero attached hydrogens (tertiary/aromatic N) is 3. The Bertz CT molecular complexity index is 1200. The summed E-state index contributed by atoms with van der Waals surface area (Å²) in [4.78, 5) is 11.5. The van der Waals surface area contributed by atoms with Gasteiger partial charge in [0.1, 0.15) is 18.0 Å². The summed E-state index contributed by atoms with van der Waals surface area (Å²) in [7, 11) is 1.47. The summed E-state index contributed by atoms with van der Waals surface area (Å²) >= 11 is 6.20.